The quantitative estimate of drug-likeness (QED) is 0.503. The number of piperidine rings is 1. The normalized spacial score (nSPS) is 14.7. The molecule has 0 radical (unpaired) electrons. The maximum atomic E-state index is 12.3. The van der Waals surface area contributed by atoms with Crippen LogP contribution in [0.5, 0.6) is 0 Å². The van der Waals surface area contributed by atoms with Crippen molar-refractivity contribution in [2.24, 2.45) is 0 Å². The minimum atomic E-state index is -1.11. The smallest absolute Gasteiger partial charge is 0.409 e. The highest BCUT2D eigenvalue weighted by atomic mass is 16.6. The van der Waals surface area contributed by atoms with Gasteiger partial charge in [-0.25, -0.2) is 9.59 Å². The first-order valence-corrected chi connectivity index (χ1v) is 8.87. The van der Waals surface area contributed by atoms with E-state index in [2.05, 4.69) is 10.6 Å². The van der Waals surface area contributed by atoms with E-state index in [9.17, 15) is 19.6 Å². The molecule has 1 aromatic rings. The second-order valence-electron chi connectivity index (χ2n) is 6.14. The molecular formula is C19H22N4O5. The van der Waals surface area contributed by atoms with Crippen LogP contribution >= 0.6 is 0 Å². The summed E-state index contributed by atoms with van der Waals surface area (Å²) in [6, 6.07) is 7.62. The average Bonchev–Trinajstić information content (AvgIpc) is 2.69. The van der Waals surface area contributed by atoms with E-state index < -0.39 is 11.9 Å². The Morgan fingerprint density at radius 2 is 2.07 bits per heavy atom. The Morgan fingerprint density at radius 3 is 2.68 bits per heavy atom. The molecular weight excluding hydrogens is 364 g/mol. The monoisotopic (exact) mass is 386 g/mol. The predicted octanol–water partition coefficient (Wildman–Crippen LogP) is 1.94. The first-order chi connectivity index (χ1) is 13.4. The van der Waals surface area contributed by atoms with Gasteiger partial charge in [-0.2, -0.15) is 5.26 Å². The van der Waals surface area contributed by atoms with Crippen LogP contribution < -0.4 is 10.6 Å². The first-order valence-electron chi connectivity index (χ1n) is 8.87. The molecule has 9 nitrogen and oxygen atoms in total. The molecule has 28 heavy (non-hydrogen) atoms. The van der Waals surface area contributed by atoms with Gasteiger partial charge in [-0.15, -0.1) is 0 Å². The minimum absolute atomic E-state index is 0.0252. The highest BCUT2D eigenvalue weighted by Gasteiger charge is 2.23. The van der Waals surface area contributed by atoms with Crippen molar-refractivity contribution in [1.29, 1.82) is 5.26 Å². The van der Waals surface area contributed by atoms with Crippen molar-refractivity contribution >= 4 is 23.7 Å². The molecule has 0 bridgehead atoms. The van der Waals surface area contributed by atoms with Crippen LogP contribution in [0.15, 0.2) is 36.0 Å². The summed E-state index contributed by atoms with van der Waals surface area (Å²) < 4.78 is 4.97. The van der Waals surface area contributed by atoms with E-state index in [1.165, 1.54) is 30.5 Å². The lowest BCUT2D eigenvalue weighted by Gasteiger charge is -2.31. The third kappa shape index (κ3) is 5.74. The summed E-state index contributed by atoms with van der Waals surface area (Å²) >= 11 is 0. The number of carboxylic acid groups (broad SMARTS) is 1. The number of hydrogen-bond acceptors (Lipinski definition) is 6. The number of amides is 2. The molecule has 3 N–H and O–H groups in total. The maximum Gasteiger partial charge on any atom is 0.409 e. The van der Waals surface area contributed by atoms with Crippen molar-refractivity contribution in [2.45, 2.75) is 25.8 Å². The van der Waals surface area contributed by atoms with Gasteiger partial charge in [0, 0.05) is 31.0 Å². The number of likely N-dealkylation sites (tertiary alicyclic amines) is 1. The standard InChI is InChI=1S/C19H22N4O5/c1-2-28-19(27)23-8-6-15(7-9-23)21-12-14(11-20)17(24)22-16-5-3-4-13(10-16)18(25)26/h3-5,10,12,15,21H,2,6-9H2,1H3,(H,22,24)(H,25,26)/b14-12-. The zero-order valence-corrected chi connectivity index (χ0v) is 15.5. The van der Waals surface area contributed by atoms with Crippen LogP contribution in [-0.4, -0.2) is 53.7 Å². The molecule has 0 spiro atoms. The number of carboxylic acids is 1. The van der Waals surface area contributed by atoms with Gasteiger partial charge in [-0.1, -0.05) is 6.07 Å². The molecule has 1 aliphatic heterocycles. The third-order valence-corrected chi connectivity index (χ3v) is 4.22. The van der Waals surface area contributed by atoms with Crippen LogP contribution in [0.1, 0.15) is 30.1 Å². The number of aromatic carboxylic acids is 1. The summed E-state index contributed by atoms with van der Waals surface area (Å²) in [6.07, 6.45) is 2.34. The summed E-state index contributed by atoms with van der Waals surface area (Å²) in [6.45, 7) is 3.14. The van der Waals surface area contributed by atoms with Crippen LogP contribution in [0.3, 0.4) is 0 Å². The van der Waals surface area contributed by atoms with Gasteiger partial charge in [-0.05, 0) is 38.0 Å². The van der Waals surface area contributed by atoms with E-state index in [0.29, 0.717) is 32.5 Å². The van der Waals surface area contributed by atoms with E-state index in [1.807, 2.05) is 6.07 Å². The van der Waals surface area contributed by atoms with Gasteiger partial charge in [0.2, 0.25) is 0 Å². The van der Waals surface area contributed by atoms with E-state index in [0.717, 1.165) is 0 Å². The lowest BCUT2D eigenvalue weighted by Crippen LogP contribution is -2.44. The maximum absolute atomic E-state index is 12.3. The number of nitrogens with zero attached hydrogens (tertiary/aromatic N) is 2. The molecule has 1 saturated heterocycles. The van der Waals surface area contributed by atoms with E-state index in [1.54, 1.807) is 11.8 Å². The van der Waals surface area contributed by atoms with Crippen molar-refractivity contribution in [3.8, 4) is 6.07 Å². The lowest BCUT2D eigenvalue weighted by molar-refractivity contribution is -0.112. The van der Waals surface area contributed by atoms with Gasteiger partial charge in [0.05, 0.1) is 12.2 Å². The molecule has 2 amide bonds. The van der Waals surface area contributed by atoms with Crippen molar-refractivity contribution in [3.63, 3.8) is 0 Å². The number of carbonyl (C=O) groups is 3. The third-order valence-electron chi connectivity index (χ3n) is 4.22. The highest BCUT2D eigenvalue weighted by Crippen LogP contribution is 2.13. The largest absolute Gasteiger partial charge is 0.478 e. The van der Waals surface area contributed by atoms with Crippen molar-refractivity contribution in [2.75, 3.05) is 25.0 Å². The van der Waals surface area contributed by atoms with Crippen LogP contribution in [0.25, 0.3) is 0 Å². The van der Waals surface area contributed by atoms with Gasteiger partial charge in [0.1, 0.15) is 11.6 Å². The average molecular weight is 386 g/mol. The number of nitriles is 1. The molecule has 1 aliphatic rings. The fourth-order valence-electron chi connectivity index (χ4n) is 2.72. The Bertz CT molecular complexity index is 807. The van der Waals surface area contributed by atoms with Crippen LogP contribution in [0.4, 0.5) is 10.5 Å². The molecule has 2 rings (SSSR count). The van der Waals surface area contributed by atoms with Crippen molar-refractivity contribution in [3.05, 3.63) is 41.6 Å². The Labute approximate surface area is 162 Å². The van der Waals surface area contributed by atoms with Gasteiger partial charge in [0.25, 0.3) is 5.91 Å². The topological polar surface area (TPSA) is 132 Å². The zero-order valence-electron chi connectivity index (χ0n) is 15.5. The number of rotatable bonds is 6. The molecule has 1 aromatic carbocycles. The summed E-state index contributed by atoms with van der Waals surface area (Å²) in [5, 5.41) is 23.8. The molecule has 1 fully saturated rings. The number of ether oxygens (including phenoxy) is 1. The van der Waals surface area contributed by atoms with Gasteiger partial charge in [-0.3, -0.25) is 4.79 Å². The second-order valence-corrected chi connectivity index (χ2v) is 6.14. The summed E-state index contributed by atoms with van der Waals surface area (Å²) in [5.74, 6) is -1.75. The number of nitrogens with one attached hydrogen (secondary N) is 2. The van der Waals surface area contributed by atoms with Gasteiger partial charge >= 0.3 is 12.1 Å². The molecule has 1 heterocycles. The Morgan fingerprint density at radius 1 is 1.36 bits per heavy atom. The summed E-state index contributed by atoms with van der Waals surface area (Å²) in [4.78, 5) is 36.6. The van der Waals surface area contributed by atoms with Crippen molar-refractivity contribution in [1.82, 2.24) is 10.2 Å². The fraction of sp³-hybridized carbons (Fsp3) is 0.368. The number of benzene rings is 1. The van der Waals surface area contributed by atoms with Gasteiger partial charge < -0.3 is 25.4 Å². The van der Waals surface area contributed by atoms with Gasteiger partial charge in [0.15, 0.2) is 0 Å². The van der Waals surface area contributed by atoms with E-state index >= 15 is 0 Å². The molecule has 0 unspecified atom stereocenters. The number of carbonyl (C=O) groups excluding carboxylic acids is 2. The fourth-order valence-corrected chi connectivity index (χ4v) is 2.72. The van der Waals surface area contributed by atoms with Crippen LogP contribution in [0.2, 0.25) is 0 Å². The van der Waals surface area contributed by atoms with Crippen molar-refractivity contribution < 1.29 is 24.2 Å². The Hall–Kier alpha value is -3.54. The molecule has 0 saturated carbocycles. The van der Waals surface area contributed by atoms with Crippen LogP contribution in [0, 0.1) is 11.3 Å². The zero-order chi connectivity index (χ0) is 20.5. The summed E-state index contributed by atoms with van der Waals surface area (Å²) in [5.41, 5.74) is 0.189. The molecule has 9 heteroatoms. The highest BCUT2D eigenvalue weighted by molar-refractivity contribution is 6.06. The Kier molecular flexibility index (Phi) is 7.39. The number of anilines is 1. The summed E-state index contributed by atoms with van der Waals surface area (Å²) in [7, 11) is 0. The lowest BCUT2D eigenvalue weighted by atomic mass is 10.1. The first kappa shape index (κ1) is 20.8. The Balaban J connectivity index is 1.91. The predicted molar refractivity (Wildman–Crippen MR) is 100 cm³/mol. The van der Waals surface area contributed by atoms with E-state index in [4.69, 9.17) is 9.84 Å². The number of hydrogen-bond donors (Lipinski definition) is 3. The SMILES string of the molecule is CCOC(=O)N1CCC(N/C=C(/C#N)C(=O)Nc2cccc(C(=O)O)c2)CC1. The second kappa shape index (κ2) is 9.97. The minimum Gasteiger partial charge on any atom is -0.478 e. The molecule has 148 valence electrons. The van der Waals surface area contributed by atoms with E-state index in [-0.39, 0.29) is 29.0 Å². The molecule has 0 aliphatic carbocycles. The molecule has 0 atom stereocenters. The molecule has 0 aromatic heterocycles. The van der Waals surface area contributed by atoms with Crippen LogP contribution in [-0.2, 0) is 9.53 Å².